The molecular formula is C8H11BrN4O2S. The van der Waals surface area contributed by atoms with Crippen molar-refractivity contribution in [2.45, 2.75) is 0 Å². The van der Waals surface area contributed by atoms with E-state index in [-0.39, 0.29) is 5.91 Å². The van der Waals surface area contributed by atoms with Gasteiger partial charge in [-0.25, -0.2) is 10.8 Å². The number of morpholine rings is 1. The average Bonchev–Trinajstić information content (AvgIpc) is 2.71. The minimum Gasteiger partial charge on any atom is -0.378 e. The lowest BCUT2D eigenvalue weighted by atomic mass is 10.3. The molecule has 1 saturated heterocycles. The molecule has 6 nitrogen and oxygen atoms in total. The fourth-order valence-corrected chi connectivity index (χ4v) is 2.96. The summed E-state index contributed by atoms with van der Waals surface area (Å²) in [4.78, 5) is 17.7. The second-order valence-electron chi connectivity index (χ2n) is 3.19. The Morgan fingerprint density at radius 3 is 2.88 bits per heavy atom. The summed E-state index contributed by atoms with van der Waals surface area (Å²) < 4.78 is 5.93. The summed E-state index contributed by atoms with van der Waals surface area (Å²) in [6, 6.07) is 0. The third-order valence-corrected chi connectivity index (χ3v) is 3.80. The van der Waals surface area contributed by atoms with E-state index in [1.54, 1.807) is 0 Å². The first-order valence-electron chi connectivity index (χ1n) is 4.72. The maximum absolute atomic E-state index is 11.5. The number of amides is 1. The SMILES string of the molecule is NNC(=O)c1nc(Br)sc1N1CCOCC1. The first kappa shape index (κ1) is 11.8. The molecule has 0 saturated carbocycles. The lowest BCUT2D eigenvalue weighted by molar-refractivity contribution is 0.0948. The van der Waals surface area contributed by atoms with Crippen molar-refractivity contribution in [2.75, 3.05) is 31.2 Å². The Bertz CT molecular complexity index is 391. The number of ether oxygens (including phenoxy) is 1. The Morgan fingerprint density at radius 2 is 2.25 bits per heavy atom. The molecule has 8 heteroatoms. The number of carbonyl (C=O) groups excluding carboxylic acids is 1. The number of rotatable bonds is 2. The van der Waals surface area contributed by atoms with E-state index in [2.05, 4.69) is 31.2 Å². The Morgan fingerprint density at radius 1 is 1.56 bits per heavy atom. The van der Waals surface area contributed by atoms with Crippen LogP contribution < -0.4 is 16.2 Å². The van der Waals surface area contributed by atoms with Gasteiger partial charge in [0.05, 0.1) is 13.2 Å². The quantitative estimate of drug-likeness (QED) is 0.468. The number of nitrogens with zero attached hydrogens (tertiary/aromatic N) is 2. The maximum atomic E-state index is 11.5. The lowest BCUT2D eigenvalue weighted by Gasteiger charge is -2.27. The molecular weight excluding hydrogens is 296 g/mol. The molecule has 1 aliphatic heterocycles. The van der Waals surface area contributed by atoms with Gasteiger partial charge in [-0.3, -0.25) is 10.2 Å². The topological polar surface area (TPSA) is 80.5 Å². The van der Waals surface area contributed by atoms with Gasteiger partial charge >= 0.3 is 0 Å². The number of nitrogens with two attached hydrogens (primary N) is 1. The normalized spacial score (nSPS) is 16.2. The van der Waals surface area contributed by atoms with Crippen LogP contribution in [0.15, 0.2) is 3.92 Å². The van der Waals surface area contributed by atoms with E-state index in [1.807, 2.05) is 0 Å². The van der Waals surface area contributed by atoms with E-state index < -0.39 is 0 Å². The summed E-state index contributed by atoms with van der Waals surface area (Å²) in [5, 5.41) is 0.832. The zero-order valence-corrected chi connectivity index (χ0v) is 10.8. The highest BCUT2D eigenvalue weighted by atomic mass is 79.9. The summed E-state index contributed by atoms with van der Waals surface area (Å²) in [6.07, 6.45) is 0. The van der Waals surface area contributed by atoms with Gasteiger partial charge in [-0.2, -0.15) is 0 Å². The van der Waals surface area contributed by atoms with Crippen LogP contribution >= 0.6 is 27.3 Å². The highest BCUT2D eigenvalue weighted by molar-refractivity contribution is 9.11. The first-order valence-corrected chi connectivity index (χ1v) is 6.33. The van der Waals surface area contributed by atoms with Crippen LogP contribution in [0, 0.1) is 0 Å². The standard InChI is InChI=1S/C8H11BrN4O2S/c9-8-11-5(6(14)12-10)7(16-8)13-1-3-15-4-2-13/h1-4,10H2,(H,12,14). The molecule has 88 valence electrons. The summed E-state index contributed by atoms with van der Waals surface area (Å²) in [5.41, 5.74) is 2.46. The van der Waals surface area contributed by atoms with Crippen molar-refractivity contribution in [1.29, 1.82) is 0 Å². The van der Waals surface area contributed by atoms with Crippen LogP contribution in [-0.2, 0) is 4.74 Å². The molecule has 1 aromatic heterocycles. The molecule has 0 atom stereocenters. The number of carbonyl (C=O) groups is 1. The van der Waals surface area contributed by atoms with Crippen LogP contribution in [0.25, 0.3) is 0 Å². The molecule has 16 heavy (non-hydrogen) atoms. The largest absolute Gasteiger partial charge is 0.378 e. The van der Waals surface area contributed by atoms with Crippen molar-refractivity contribution in [3.63, 3.8) is 0 Å². The summed E-state index contributed by atoms with van der Waals surface area (Å²) >= 11 is 4.70. The van der Waals surface area contributed by atoms with Crippen molar-refractivity contribution in [3.8, 4) is 0 Å². The average molecular weight is 307 g/mol. The molecule has 0 radical (unpaired) electrons. The Labute approximate surface area is 105 Å². The Hall–Kier alpha value is -0.700. The highest BCUT2D eigenvalue weighted by Gasteiger charge is 2.22. The number of nitrogens with one attached hydrogen (secondary N) is 1. The van der Waals surface area contributed by atoms with E-state index in [4.69, 9.17) is 10.6 Å². The van der Waals surface area contributed by atoms with Crippen molar-refractivity contribution in [3.05, 3.63) is 9.61 Å². The van der Waals surface area contributed by atoms with E-state index in [9.17, 15) is 4.79 Å². The van der Waals surface area contributed by atoms with Crippen LogP contribution in [0.5, 0.6) is 0 Å². The highest BCUT2D eigenvalue weighted by Crippen LogP contribution is 2.32. The van der Waals surface area contributed by atoms with Gasteiger partial charge in [0.2, 0.25) is 0 Å². The van der Waals surface area contributed by atoms with Gasteiger partial charge in [0, 0.05) is 13.1 Å². The second-order valence-corrected chi connectivity index (χ2v) is 5.45. The van der Waals surface area contributed by atoms with Gasteiger partial charge in [-0.05, 0) is 15.9 Å². The minimum atomic E-state index is -0.372. The van der Waals surface area contributed by atoms with E-state index in [0.717, 1.165) is 18.1 Å². The number of hydrazine groups is 1. The van der Waals surface area contributed by atoms with Crippen LogP contribution in [0.4, 0.5) is 5.00 Å². The summed E-state index contributed by atoms with van der Waals surface area (Å²) in [5.74, 6) is 4.75. The van der Waals surface area contributed by atoms with E-state index in [0.29, 0.717) is 22.8 Å². The number of hydrogen-bond acceptors (Lipinski definition) is 6. The van der Waals surface area contributed by atoms with Crippen molar-refractivity contribution < 1.29 is 9.53 Å². The third-order valence-electron chi connectivity index (χ3n) is 2.23. The number of thiazole rings is 1. The second kappa shape index (κ2) is 5.09. The zero-order valence-electron chi connectivity index (χ0n) is 8.40. The van der Waals surface area contributed by atoms with Crippen LogP contribution in [0.2, 0.25) is 0 Å². The van der Waals surface area contributed by atoms with Gasteiger partial charge < -0.3 is 9.64 Å². The molecule has 2 heterocycles. The molecule has 1 fully saturated rings. The van der Waals surface area contributed by atoms with Gasteiger partial charge in [-0.1, -0.05) is 11.3 Å². The molecule has 3 N–H and O–H groups in total. The Balaban J connectivity index is 2.27. The Kier molecular flexibility index (Phi) is 3.74. The fourth-order valence-electron chi connectivity index (χ4n) is 1.48. The summed E-state index contributed by atoms with van der Waals surface area (Å²) in [6.45, 7) is 2.86. The van der Waals surface area contributed by atoms with Gasteiger partial charge in [0.1, 0.15) is 5.00 Å². The molecule has 0 bridgehead atoms. The van der Waals surface area contributed by atoms with Crippen molar-refractivity contribution >= 4 is 38.2 Å². The first-order chi connectivity index (χ1) is 7.72. The molecule has 0 aliphatic carbocycles. The molecule has 2 rings (SSSR count). The molecule has 0 spiro atoms. The van der Waals surface area contributed by atoms with E-state index >= 15 is 0 Å². The summed E-state index contributed by atoms with van der Waals surface area (Å²) in [7, 11) is 0. The number of hydrogen-bond donors (Lipinski definition) is 2. The predicted molar refractivity (Wildman–Crippen MR) is 64.5 cm³/mol. The smallest absolute Gasteiger partial charge is 0.286 e. The fraction of sp³-hybridized carbons (Fsp3) is 0.500. The number of nitrogen functional groups attached to an aromatic ring is 1. The zero-order chi connectivity index (χ0) is 11.5. The molecule has 0 aromatic carbocycles. The molecule has 1 aliphatic rings. The van der Waals surface area contributed by atoms with E-state index in [1.165, 1.54) is 11.3 Å². The lowest BCUT2D eigenvalue weighted by Crippen LogP contribution is -2.38. The minimum absolute atomic E-state index is 0.362. The maximum Gasteiger partial charge on any atom is 0.286 e. The third kappa shape index (κ3) is 2.34. The number of aromatic nitrogens is 1. The van der Waals surface area contributed by atoms with Gasteiger partial charge in [0.25, 0.3) is 5.91 Å². The molecule has 0 unspecified atom stereocenters. The van der Waals surface area contributed by atoms with Crippen LogP contribution in [0.3, 0.4) is 0 Å². The van der Waals surface area contributed by atoms with Crippen LogP contribution in [-0.4, -0.2) is 37.2 Å². The number of halogens is 1. The number of anilines is 1. The predicted octanol–water partition coefficient (Wildman–Crippen LogP) is 0.346. The van der Waals surface area contributed by atoms with Gasteiger partial charge in [-0.15, -0.1) is 0 Å². The monoisotopic (exact) mass is 306 g/mol. The van der Waals surface area contributed by atoms with Gasteiger partial charge in [0.15, 0.2) is 9.61 Å². The molecule has 1 amide bonds. The van der Waals surface area contributed by atoms with Crippen LogP contribution in [0.1, 0.15) is 10.5 Å². The van der Waals surface area contributed by atoms with Crippen molar-refractivity contribution in [2.24, 2.45) is 5.84 Å². The molecule has 1 aromatic rings. The van der Waals surface area contributed by atoms with Crippen molar-refractivity contribution in [1.82, 2.24) is 10.4 Å².